The molecule has 2 aromatic heterocycles. The minimum Gasteiger partial charge on any atom is -0.383 e. The van der Waals surface area contributed by atoms with E-state index in [1.165, 1.54) is 11.9 Å². The van der Waals surface area contributed by atoms with E-state index >= 15 is 0 Å². The summed E-state index contributed by atoms with van der Waals surface area (Å²) in [4.78, 5) is 3.98. The van der Waals surface area contributed by atoms with Gasteiger partial charge in [-0.05, 0) is 24.1 Å². The summed E-state index contributed by atoms with van der Waals surface area (Å²) in [6, 6.07) is 8.25. The number of rotatable bonds is 7. The lowest BCUT2D eigenvalue weighted by Gasteiger charge is -2.09. The number of hydrogen-bond donors (Lipinski definition) is 1. The third-order valence-corrected chi connectivity index (χ3v) is 3.57. The predicted molar refractivity (Wildman–Crippen MR) is 87.5 cm³/mol. The van der Waals surface area contributed by atoms with Crippen molar-refractivity contribution >= 4 is 5.82 Å². The quantitative estimate of drug-likeness (QED) is 0.723. The van der Waals surface area contributed by atoms with Gasteiger partial charge in [0.15, 0.2) is 0 Å². The molecule has 1 N–H and O–H groups in total. The second-order valence-corrected chi connectivity index (χ2v) is 5.27. The van der Waals surface area contributed by atoms with E-state index < -0.39 is 0 Å². The molecule has 0 radical (unpaired) electrons. The highest BCUT2D eigenvalue weighted by molar-refractivity contribution is 5.43. The number of ether oxygens (including phenoxy) is 1. The molecule has 7 heteroatoms. The Morgan fingerprint density at radius 1 is 1.26 bits per heavy atom. The number of aryl methyl sites for hydroxylation is 1. The van der Waals surface area contributed by atoms with E-state index in [-0.39, 0.29) is 0 Å². The minimum atomic E-state index is 0.657. The second-order valence-electron chi connectivity index (χ2n) is 5.27. The van der Waals surface area contributed by atoms with Gasteiger partial charge in [-0.1, -0.05) is 12.1 Å². The first-order valence-electron chi connectivity index (χ1n) is 7.47. The Morgan fingerprint density at radius 3 is 2.91 bits per heavy atom. The van der Waals surface area contributed by atoms with Crippen LogP contribution in [0.25, 0.3) is 5.69 Å². The summed E-state index contributed by atoms with van der Waals surface area (Å²) in [7, 11) is 1.69. The number of aromatic nitrogens is 5. The fourth-order valence-electron chi connectivity index (χ4n) is 2.38. The van der Waals surface area contributed by atoms with Crippen molar-refractivity contribution in [2.45, 2.75) is 20.0 Å². The Hall–Kier alpha value is -2.67. The van der Waals surface area contributed by atoms with E-state index in [1.54, 1.807) is 18.1 Å². The third-order valence-electron chi connectivity index (χ3n) is 3.57. The summed E-state index contributed by atoms with van der Waals surface area (Å²) in [5, 5.41) is 11.9. The van der Waals surface area contributed by atoms with Gasteiger partial charge in [-0.25, -0.2) is 9.67 Å². The Morgan fingerprint density at radius 2 is 2.17 bits per heavy atom. The maximum atomic E-state index is 5.05. The first-order chi connectivity index (χ1) is 11.3. The molecule has 0 spiro atoms. The Balaban J connectivity index is 1.62. The van der Waals surface area contributed by atoms with Crippen LogP contribution in [0.2, 0.25) is 0 Å². The molecule has 0 bridgehead atoms. The standard InChI is InChI=1S/C16H20N6O/c1-13-9-14(3-4-15(13)22-12-17-11-19-22)10-18-16-5-6-21(20-16)7-8-23-2/h3-6,9,11-12H,7-8,10H2,1-2H3,(H,18,20). The Bertz CT molecular complexity index is 750. The van der Waals surface area contributed by atoms with Gasteiger partial charge in [0.2, 0.25) is 0 Å². The second kappa shape index (κ2) is 7.06. The molecule has 23 heavy (non-hydrogen) atoms. The van der Waals surface area contributed by atoms with Crippen molar-refractivity contribution in [3.63, 3.8) is 0 Å². The van der Waals surface area contributed by atoms with Crippen molar-refractivity contribution < 1.29 is 4.74 Å². The summed E-state index contributed by atoms with van der Waals surface area (Å²) in [6.45, 7) is 4.20. The molecule has 0 unspecified atom stereocenters. The van der Waals surface area contributed by atoms with Gasteiger partial charge < -0.3 is 10.1 Å². The van der Waals surface area contributed by atoms with E-state index in [4.69, 9.17) is 4.74 Å². The van der Waals surface area contributed by atoms with Crippen LogP contribution in [0.4, 0.5) is 5.82 Å². The van der Waals surface area contributed by atoms with E-state index in [9.17, 15) is 0 Å². The zero-order valence-electron chi connectivity index (χ0n) is 13.3. The van der Waals surface area contributed by atoms with Crippen LogP contribution in [0.3, 0.4) is 0 Å². The van der Waals surface area contributed by atoms with Crippen LogP contribution in [0, 0.1) is 6.92 Å². The molecule has 0 fully saturated rings. The summed E-state index contributed by atoms with van der Waals surface area (Å²) in [5.74, 6) is 0.860. The van der Waals surface area contributed by atoms with Gasteiger partial charge in [0.1, 0.15) is 18.5 Å². The lowest BCUT2D eigenvalue weighted by Crippen LogP contribution is -2.06. The van der Waals surface area contributed by atoms with E-state index in [1.807, 2.05) is 16.9 Å². The van der Waals surface area contributed by atoms with Crippen molar-refractivity contribution in [3.8, 4) is 5.69 Å². The summed E-state index contributed by atoms with van der Waals surface area (Å²) >= 11 is 0. The molecule has 2 heterocycles. The monoisotopic (exact) mass is 312 g/mol. The number of nitrogens with zero attached hydrogens (tertiary/aromatic N) is 5. The summed E-state index contributed by atoms with van der Waals surface area (Å²) in [6.07, 6.45) is 5.18. The van der Waals surface area contributed by atoms with Gasteiger partial charge in [-0.2, -0.15) is 10.2 Å². The highest BCUT2D eigenvalue weighted by Gasteiger charge is 2.04. The van der Waals surface area contributed by atoms with Gasteiger partial charge >= 0.3 is 0 Å². The molecule has 3 rings (SSSR count). The molecule has 0 saturated carbocycles. The van der Waals surface area contributed by atoms with Crippen molar-refractivity contribution in [3.05, 3.63) is 54.2 Å². The minimum absolute atomic E-state index is 0.657. The van der Waals surface area contributed by atoms with Crippen LogP contribution in [-0.2, 0) is 17.8 Å². The fraction of sp³-hybridized carbons (Fsp3) is 0.312. The van der Waals surface area contributed by atoms with Crippen LogP contribution < -0.4 is 5.32 Å². The van der Waals surface area contributed by atoms with Crippen LogP contribution in [0.1, 0.15) is 11.1 Å². The Labute approximate surface area is 134 Å². The zero-order chi connectivity index (χ0) is 16.1. The molecular weight excluding hydrogens is 292 g/mol. The Kier molecular flexibility index (Phi) is 4.68. The molecule has 120 valence electrons. The highest BCUT2D eigenvalue weighted by atomic mass is 16.5. The molecule has 0 aliphatic heterocycles. The number of hydrogen-bond acceptors (Lipinski definition) is 5. The van der Waals surface area contributed by atoms with Gasteiger partial charge in [0.25, 0.3) is 0 Å². The lowest BCUT2D eigenvalue weighted by molar-refractivity contribution is 0.183. The molecule has 0 aliphatic rings. The van der Waals surface area contributed by atoms with Crippen LogP contribution in [-0.4, -0.2) is 38.3 Å². The predicted octanol–water partition coefficient (Wildman–Crippen LogP) is 2.03. The average molecular weight is 312 g/mol. The molecule has 0 amide bonds. The van der Waals surface area contributed by atoms with Gasteiger partial charge in [-0.15, -0.1) is 0 Å². The van der Waals surface area contributed by atoms with Crippen molar-refractivity contribution in [1.29, 1.82) is 0 Å². The topological polar surface area (TPSA) is 69.8 Å². The van der Waals surface area contributed by atoms with Crippen LogP contribution in [0.15, 0.2) is 43.1 Å². The number of methoxy groups -OCH3 is 1. The van der Waals surface area contributed by atoms with Crippen LogP contribution >= 0.6 is 0 Å². The lowest BCUT2D eigenvalue weighted by atomic mass is 10.1. The zero-order valence-corrected chi connectivity index (χ0v) is 13.3. The summed E-state index contributed by atoms with van der Waals surface area (Å²) < 4.78 is 8.68. The normalized spacial score (nSPS) is 10.9. The molecule has 0 saturated heterocycles. The van der Waals surface area contributed by atoms with Crippen molar-refractivity contribution in [1.82, 2.24) is 24.5 Å². The highest BCUT2D eigenvalue weighted by Crippen LogP contribution is 2.15. The van der Waals surface area contributed by atoms with Crippen molar-refractivity contribution in [2.24, 2.45) is 0 Å². The van der Waals surface area contributed by atoms with E-state index in [0.29, 0.717) is 6.61 Å². The van der Waals surface area contributed by atoms with E-state index in [0.717, 1.165) is 30.2 Å². The molecular formula is C16H20N6O. The molecule has 3 aromatic rings. The van der Waals surface area contributed by atoms with Gasteiger partial charge in [0, 0.05) is 25.9 Å². The van der Waals surface area contributed by atoms with Gasteiger partial charge in [-0.3, -0.25) is 4.68 Å². The summed E-state index contributed by atoms with van der Waals surface area (Å²) in [5.41, 5.74) is 3.38. The van der Waals surface area contributed by atoms with Crippen molar-refractivity contribution in [2.75, 3.05) is 19.0 Å². The number of nitrogens with one attached hydrogen (secondary N) is 1. The molecule has 0 aliphatic carbocycles. The first-order valence-corrected chi connectivity index (χ1v) is 7.47. The SMILES string of the molecule is COCCn1ccc(NCc2ccc(-n3cncn3)c(C)c2)n1. The van der Waals surface area contributed by atoms with Crippen LogP contribution in [0.5, 0.6) is 0 Å². The average Bonchev–Trinajstić information content (AvgIpc) is 3.23. The molecule has 0 atom stereocenters. The maximum absolute atomic E-state index is 5.05. The fourth-order valence-corrected chi connectivity index (χ4v) is 2.38. The first kappa shape index (κ1) is 15.2. The largest absolute Gasteiger partial charge is 0.383 e. The number of benzene rings is 1. The number of anilines is 1. The molecule has 1 aromatic carbocycles. The molecule has 7 nitrogen and oxygen atoms in total. The third kappa shape index (κ3) is 3.75. The van der Waals surface area contributed by atoms with E-state index in [2.05, 4.69) is 45.6 Å². The smallest absolute Gasteiger partial charge is 0.148 e. The van der Waals surface area contributed by atoms with Gasteiger partial charge in [0.05, 0.1) is 18.8 Å². The maximum Gasteiger partial charge on any atom is 0.148 e.